The number of benzene rings is 1. The first-order chi connectivity index (χ1) is 13.8. The number of piperidine rings is 1. The molecule has 0 N–H and O–H groups in total. The Morgan fingerprint density at radius 1 is 1.11 bits per heavy atom. The summed E-state index contributed by atoms with van der Waals surface area (Å²) in [6.45, 7) is 1.58. The molecule has 4 aromatic heterocycles. The summed E-state index contributed by atoms with van der Waals surface area (Å²) in [6.07, 6.45) is 3.97. The minimum atomic E-state index is 0.134. The van der Waals surface area contributed by atoms with Gasteiger partial charge in [0.05, 0.1) is 25.6 Å². The number of thiophene rings is 1. The van der Waals surface area contributed by atoms with Crippen molar-refractivity contribution < 1.29 is 4.79 Å². The second-order valence-electron chi connectivity index (χ2n) is 7.05. The molecule has 0 radical (unpaired) electrons. The molecule has 5 aromatic rings. The number of nitrogens with zero attached hydrogens (tertiary/aromatic N) is 4. The van der Waals surface area contributed by atoms with Gasteiger partial charge >= 0.3 is 0 Å². The van der Waals surface area contributed by atoms with Crippen LogP contribution in [-0.2, 0) is 0 Å². The van der Waals surface area contributed by atoms with Crippen LogP contribution in [0.3, 0.4) is 0 Å². The molecule has 0 atom stereocenters. The van der Waals surface area contributed by atoms with Crippen molar-refractivity contribution in [3.63, 3.8) is 0 Å². The van der Waals surface area contributed by atoms with Gasteiger partial charge in [-0.3, -0.25) is 9.20 Å². The van der Waals surface area contributed by atoms with Crippen LogP contribution in [0.1, 0.15) is 33.4 Å². The number of carbonyl (C=O) groups is 1. The second kappa shape index (κ2) is 6.37. The molecule has 0 bridgehead atoms. The highest BCUT2D eigenvalue weighted by Gasteiger charge is 2.27. The number of imidazole rings is 1. The summed E-state index contributed by atoms with van der Waals surface area (Å²) in [5, 5.41) is 3.23. The maximum Gasteiger partial charge on any atom is 0.264 e. The van der Waals surface area contributed by atoms with Crippen LogP contribution in [0.5, 0.6) is 0 Å². The third kappa shape index (κ3) is 2.59. The number of para-hydroxylation sites is 1. The van der Waals surface area contributed by atoms with Crippen LogP contribution in [-0.4, -0.2) is 38.3 Å². The smallest absolute Gasteiger partial charge is 0.264 e. The summed E-state index contributed by atoms with van der Waals surface area (Å²) in [6, 6.07) is 10.3. The molecule has 5 nitrogen and oxygen atoms in total. The van der Waals surface area contributed by atoms with E-state index < -0.39 is 0 Å². The largest absolute Gasteiger partial charge is 0.338 e. The molecule has 28 heavy (non-hydrogen) atoms. The summed E-state index contributed by atoms with van der Waals surface area (Å²) < 4.78 is 3.31. The number of likely N-dealkylation sites (tertiary alicyclic amines) is 1. The van der Waals surface area contributed by atoms with E-state index in [4.69, 9.17) is 4.98 Å². The fourth-order valence-electron chi connectivity index (χ4n) is 3.90. The van der Waals surface area contributed by atoms with Gasteiger partial charge in [0.1, 0.15) is 4.83 Å². The maximum absolute atomic E-state index is 13.0. The first-order valence-corrected chi connectivity index (χ1v) is 11.8. The topological polar surface area (TPSA) is 50.5 Å². The third-order valence-corrected chi connectivity index (χ3v) is 8.35. The second-order valence-corrected chi connectivity index (χ2v) is 10.0. The number of hydrogen-bond donors (Lipinski definition) is 0. The molecule has 5 heterocycles. The van der Waals surface area contributed by atoms with Gasteiger partial charge in [-0.15, -0.1) is 34.0 Å². The first-order valence-electron chi connectivity index (χ1n) is 9.26. The van der Waals surface area contributed by atoms with Crippen molar-refractivity contribution in [2.75, 3.05) is 13.1 Å². The van der Waals surface area contributed by atoms with Crippen LogP contribution in [0.4, 0.5) is 0 Å². The zero-order valence-corrected chi connectivity index (χ0v) is 17.3. The van der Waals surface area contributed by atoms with Gasteiger partial charge < -0.3 is 4.90 Å². The Balaban J connectivity index is 1.20. The lowest BCUT2D eigenvalue weighted by Gasteiger charge is -2.30. The molecule has 0 spiro atoms. The van der Waals surface area contributed by atoms with Crippen LogP contribution in [0, 0.1) is 0 Å². The highest BCUT2D eigenvalue weighted by atomic mass is 32.1. The molecule has 0 saturated carbocycles. The minimum absolute atomic E-state index is 0.134. The molecule has 0 unspecified atom stereocenters. The summed E-state index contributed by atoms with van der Waals surface area (Å²) in [7, 11) is 0. The van der Waals surface area contributed by atoms with Gasteiger partial charge in [0.25, 0.3) is 5.91 Å². The lowest BCUT2D eigenvalue weighted by Crippen LogP contribution is -2.37. The fourth-order valence-corrected chi connectivity index (χ4v) is 6.81. The van der Waals surface area contributed by atoms with Crippen LogP contribution in [0.15, 0.2) is 41.9 Å². The standard InChI is InChI=1S/C20H16N4OS3/c25-19(16-11-14-18(28-16)22-20-24(14)9-10-26-20)23-7-5-12(6-8-23)17-21-13-3-1-2-4-15(13)27-17/h1-4,9-12H,5-8H2. The van der Waals surface area contributed by atoms with E-state index in [-0.39, 0.29) is 5.91 Å². The van der Waals surface area contributed by atoms with Gasteiger partial charge in [-0.05, 0) is 31.0 Å². The van der Waals surface area contributed by atoms with E-state index in [0.29, 0.717) is 5.92 Å². The van der Waals surface area contributed by atoms with Crippen molar-refractivity contribution >= 4 is 65.4 Å². The van der Waals surface area contributed by atoms with Gasteiger partial charge in [0.15, 0.2) is 4.96 Å². The number of hydrogen-bond acceptors (Lipinski definition) is 6. The van der Waals surface area contributed by atoms with Crippen LogP contribution >= 0.6 is 34.0 Å². The molecule has 0 aliphatic carbocycles. The molecule has 1 aromatic carbocycles. The Labute approximate surface area is 172 Å². The zero-order valence-electron chi connectivity index (χ0n) is 14.9. The van der Waals surface area contributed by atoms with Crippen LogP contribution in [0.2, 0.25) is 0 Å². The maximum atomic E-state index is 13.0. The monoisotopic (exact) mass is 424 g/mol. The van der Waals surface area contributed by atoms with E-state index in [9.17, 15) is 4.79 Å². The molecule has 8 heteroatoms. The van der Waals surface area contributed by atoms with Crippen molar-refractivity contribution in [1.29, 1.82) is 0 Å². The normalized spacial score (nSPS) is 15.9. The Hall–Kier alpha value is -2.29. The predicted octanol–water partition coefficient (Wildman–Crippen LogP) is 5.24. The summed E-state index contributed by atoms with van der Waals surface area (Å²) in [5.74, 6) is 0.587. The van der Waals surface area contributed by atoms with E-state index in [1.807, 2.05) is 28.6 Å². The van der Waals surface area contributed by atoms with Crippen molar-refractivity contribution in [2.24, 2.45) is 0 Å². The highest BCUT2D eigenvalue weighted by Crippen LogP contribution is 2.35. The summed E-state index contributed by atoms with van der Waals surface area (Å²) in [5.41, 5.74) is 2.12. The number of carbonyl (C=O) groups excluding carboxylic acids is 1. The summed E-state index contributed by atoms with van der Waals surface area (Å²) in [4.78, 5) is 27.2. The average Bonchev–Trinajstić information content (AvgIpc) is 3.47. The number of amides is 1. The van der Waals surface area contributed by atoms with Crippen LogP contribution < -0.4 is 0 Å². The quantitative estimate of drug-likeness (QED) is 0.389. The van der Waals surface area contributed by atoms with E-state index in [2.05, 4.69) is 27.6 Å². The van der Waals surface area contributed by atoms with E-state index in [1.54, 1.807) is 22.7 Å². The van der Waals surface area contributed by atoms with E-state index in [1.165, 1.54) is 21.0 Å². The first kappa shape index (κ1) is 16.6. The lowest BCUT2D eigenvalue weighted by atomic mass is 9.97. The minimum Gasteiger partial charge on any atom is -0.338 e. The lowest BCUT2D eigenvalue weighted by molar-refractivity contribution is 0.0718. The number of thiazole rings is 2. The molecule has 1 fully saturated rings. The van der Waals surface area contributed by atoms with Crippen LogP contribution in [0.25, 0.3) is 25.5 Å². The van der Waals surface area contributed by atoms with Crippen molar-refractivity contribution in [3.8, 4) is 0 Å². The molecule has 1 saturated heterocycles. The van der Waals surface area contributed by atoms with Gasteiger partial charge in [0.2, 0.25) is 0 Å². The number of aromatic nitrogens is 3. The fraction of sp³-hybridized carbons (Fsp3) is 0.250. The summed E-state index contributed by atoms with van der Waals surface area (Å²) >= 11 is 4.91. The Kier molecular flexibility index (Phi) is 3.78. The Morgan fingerprint density at radius 2 is 1.96 bits per heavy atom. The van der Waals surface area contributed by atoms with Crippen molar-refractivity contribution in [3.05, 3.63) is 51.8 Å². The molecule has 140 valence electrons. The number of fused-ring (bicyclic) bond motifs is 4. The number of rotatable bonds is 2. The zero-order chi connectivity index (χ0) is 18.7. The molecule has 1 aliphatic heterocycles. The molecule has 1 aliphatic rings. The third-order valence-electron chi connectivity index (χ3n) is 5.39. The van der Waals surface area contributed by atoms with E-state index in [0.717, 1.165) is 51.6 Å². The predicted molar refractivity (Wildman–Crippen MR) is 116 cm³/mol. The molecular weight excluding hydrogens is 408 g/mol. The molecule has 6 rings (SSSR count). The molecular formula is C20H16N4OS3. The van der Waals surface area contributed by atoms with Gasteiger partial charge in [0, 0.05) is 30.6 Å². The Bertz CT molecular complexity index is 1290. The average molecular weight is 425 g/mol. The van der Waals surface area contributed by atoms with Gasteiger partial charge in [-0.25, -0.2) is 9.97 Å². The van der Waals surface area contributed by atoms with E-state index >= 15 is 0 Å². The van der Waals surface area contributed by atoms with Gasteiger partial charge in [-0.2, -0.15) is 0 Å². The van der Waals surface area contributed by atoms with Gasteiger partial charge in [-0.1, -0.05) is 12.1 Å². The van der Waals surface area contributed by atoms with Crippen molar-refractivity contribution in [2.45, 2.75) is 18.8 Å². The molecule has 1 amide bonds. The highest BCUT2D eigenvalue weighted by molar-refractivity contribution is 7.21. The van der Waals surface area contributed by atoms with Crippen molar-refractivity contribution in [1.82, 2.24) is 19.3 Å². The SMILES string of the molecule is O=C(c1cc2c(nc3sccn32)s1)N1CCC(c2nc3ccccc3s2)CC1. The Morgan fingerprint density at radius 3 is 2.82 bits per heavy atom.